The highest BCUT2D eigenvalue weighted by Crippen LogP contribution is 2.20. The van der Waals surface area contributed by atoms with E-state index in [-0.39, 0.29) is 97.7 Å². The molecule has 0 saturated carbocycles. The number of aliphatic hydroxyl groups excluding tert-OH is 1. The van der Waals surface area contributed by atoms with E-state index in [1.54, 1.807) is 21.3 Å². The number of nitrogens with one attached hydrogen (secondary N) is 2. The number of aromatic nitrogens is 16. The van der Waals surface area contributed by atoms with Crippen molar-refractivity contribution in [3.8, 4) is 0 Å². The summed E-state index contributed by atoms with van der Waals surface area (Å²) in [4.78, 5) is 15.1. The summed E-state index contributed by atoms with van der Waals surface area (Å²) in [6.45, 7) is 24.4. The zero-order valence-corrected chi connectivity index (χ0v) is 50.6. The number of hydrogen-bond donors (Lipinski definition) is 3. The van der Waals surface area contributed by atoms with E-state index in [4.69, 9.17) is 5.11 Å². The molecule has 5 aliphatic rings. The highest BCUT2D eigenvalue weighted by Gasteiger charge is 2.23. The fourth-order valence-corrected chi connectivity index (χ4v) is 8.40. The molecule has 5 fully saturated rings. The minimum absolute atomic E-state index is 0. The van der Waals surface area contributed by atoms with Gasteiger partial charge in [-0.05, 0) is 161 Å². The van der Waals surface area contributed by atoms with Gasteiger partial charge in [-0.2, -0.15) is 59.2 Å². The Bertz CT molecular complexity index is 1720. The van der Waals surface area contributed by atoms with Gasteiger partial charge in [0.2, 0.25) is 7.41 Å². The second kappa shape index (κ2) is 54.3. The first-order valence-corrected chi connectivity index (χ1v) is 24.1. The Hall–Kier alpha value is -1.63. The maximum Gasteiger partial charge on any atom is 0.205 e. The quantitative estimate of drug-likeness (QED) is 0.106. The van der Waals surface area contributed by atoms with Gasteiger partial charge in [0.1, 0.15) is 7.28 Å². The summed E-state index contributed by atoms with van der Waals surface area (Å²) in [5.41, 5.74) is 0. The highest BCUT2D eigenvalue weighted by molar-refractivity contribution is 9.09. The van der Waals surface area contributed by atoms with Crippen LogP contribution in [0.4, 0.5) is 0 Å². The summed E-state index contributed by atoms with van der Waals surface area (Å²) in [7, 11) is 10.5. The zero-order chi connectivity index (χ0) is 46.7. The van der Waals surface area contributed by atoms with E-state index in [2.05, 4.69) is 136 Å². The fourth-order valence-electron chi connectivity index (χ4n) is 7.58. The molecule has 0 bridgehead atoms. The van der Waals surface area contributed by atoms with E-state index < -0.39 is 0 Å². The molecule has 4 aromatic rings. The predicted molar refractivity (Wildman–Crippen MR) is 346 cm³/mol. The van der Waals surface area contributed by atoms with Crippen molar-refractivity contribution in [3.05, 3.63) is 23.3 Å². The minimum atomic E-state index is -0.0613. The maximum absolute atomic E-state index is 9.04. The molecule has 0 aromatic carbocycles. The number of alkyl halides is 1. The van der Waals surface area contributed by atoms with Crippen molar-refractivity contribution in [2.45, 2.75) is 193 Å². The molecule has 2 radical (unpaired) electrons. The Kier molecular flexibility index (Phi) is 67.2. The number of halogens is 1. The van der Waals surface area contributed by atoms with Gasteiger partial charge in [-0.1, -0.05) is 93.6 Å². The van der Waals surface area contributed by atoms with Crippen LogP contribution >= 0.6 is 55.5 Å². The lowest BCUT2D eigenvalue weighted by atomic mass is 9.88. The molecule has 5 aliphatic heterocycles. The van der Waals surface area contributed by atoms with E-state index in [0.717, 1.165) is 93.8 Å². The van der Waals surface area contributed by atoms with Crippen molar-refractivity contribution in [2.75, 3.05) is 86.6 Å². The lowest BCUT2D eigenvalue weighted by Gasteiger charge is -2.30. The number of aromatic amines is 1. The first kappa shape index (κ1) is 92.7. The molecule has 29 heteroatoms. The second-order valence-electron chi connectivity index (χ2n) is 17.2. The first-order chi connectivity index (χ1) is 30.8. The minimum Gasteiger partial charge on any atom is -0.392 e. The monoisotopic (exact) mass is 1210 g/mol. The molecule has 3 N–H and O–H groups in total. The lowest BCUT2D eigenvalue weighted by Crippen LogP contribution is -2.38. The molecule has 75 heavy (non-hydrogen) atoms. The highest BCUT2D eigenvalue weighted by atomic mass is 79.9. The molecular formula is C46H118B2BrN21OP4. The number of likely N-dealkylation sites (tertiary alicyclic amines) is 3. The van der Waals surface area contributed by atoms with Crippen molar-refractivity contribution >= 4 is 70.2 Å². The van der Waals surface area contributed by atoms with Gasteiger partial charge in [0.05, 0.1) is 24.2 Å². The Morgan fingerprint density at radius 2 is 0.933 bits per heavy atom. The molecule has 22 nitrogen and oxygen atoms in total. The van der Waals surface area contributed by atoms with Gasteiger partial charge < -0.3 is 29.9 Å². The molecule has 0 amide bonds. The number of aryl methyl sites for hydroxylation is 4. The Morgan fingerprint density at radius 1 is 0.520 bits per heavy atom. The molecule has 5 saturated heterocycles. The van der Waals surface area contributed by atoms with Crippen LogP contribution in [-0.4, -0.2) is 218 Å². The number of tetrazole rings is 4. The Morgan fingerprint density at radius 3 is 1.24 bits per heavy atom. The number of β-amino-alcohol motifs (C(OH)–C–C–N with tert-alkyl or cyclic N) is 1. The first-order valence-electron chi connectivity index (χ1n) is 23.1. The second-order valence-corrected chi connectivity index (χ2v) is 18.5. The van der Waals surface area contributed by atoms with Gasteiger partial charge in [0.15, 0.2) is 23.3 Å². The van der Waals surface area contributed by atoms with Gasteiger partial charge in [-0.3, -0.25) is 0 Å². The molecule has 446 valence electrons. The van der Waals surface area contributed by atoms with Crippen molar-refractivity contribution in [2.24, 2.45) is 0 Å². The van der Waals surface area contributed by atoms with Crippen LogP contribution in [0, 0.1) is 27.7 Å². The third-order valence-corrected chi connectivity index (χ3v) is 11.6. The number of nitrogens with zero attached hydrogens (tertiary/aromatic N) is 19. The maximum atomic E-state index is 9.04. The van der Waals surface area contributed by atoms with Crippen LogP contribution in [0.3, 0.4) is 0 Å². The van der Waals surface area contributed by atoms with Crippen LogP contribution in [0.1, 0.15) is 158 Å². The number of aliphatic hydroxyl groups is 1. The smallest absolute Gasteiger partial charge is 0.205 e. The average molecular weight is 1210 g/mol. The van der Waals surface area contributed by atoms with E-state index >= 15 is 0 Å². The van der Waals surface area contributed by atoms with Gasteiger partial charge in [0.25, 0.3) is 0 Å². The van der Waals surface area contributed by atoms with Gasteiger partial charge in [-0.15, -0.1) is 40.8 Å². The van der Waals surface area contributed by atoms with Crippen LogP contribution in [0.2, 0.25) is 20.5 Å². The van der Waals surface area contributed by atoms with Gasteiger partial charge >= 0.3 is 0 Å². The van der Waals surface area contributed by atoms with E-state index in [9.17, 15) is 0 Å². The van der Waals surface area contributed by atoms with Gasteiger partial charge in [0, 0.05) is 37.6 Å². The zero-order valence-electron chi connectivity index (χ0n) is 43.3. The largest absolute Gasteiger partial charge is 0.392 e. The number of H-pyrrole nitrogens is 1. The van der Waals surface area contributed by atoms with Gasteiger partial charge in [-0.25, -0.2) is 0 Å². The van der Waals surface area contributed by atoms with Crippen LogP contribution in [0.15, 0.2) is 0 Å². The normalized spacial score (nSPS) is 20.6. The molecular weight excluding hydrogens is 1090 g/mol. The van der Waals surface area contributed by atoms with Crippen LogP contribution in [0.5, 0.6) is 0 Å². The number of piperidine rings is 5. The van der Waals surface area contributed by atoms with E-state index in [1.807, 2.05) is 48.7 Å². The van der Waals surface area contributed by atoms with Crippen molar-refractivity contribution in [1.29, 1.82) is 0 Å². The summed E-state index contributed by atoms with van der Waals surface area (Å²) >= 11 is 3.59. The molecule has 9 atom stereocenters. The summed E-state index contributed by atoms with van der Waals surface area (Å²) in [6, 6.07) is 1.21. The van der Waals surface area contributed by atoms with Crippen molar-refractivity contribution in [1.82, 2.24) is 106 Å². The summed E-state index contributed by atoms with van der Waals surface area (Å²) in [6.07, 6.45) is 11.9. The molecule has 9 heterocycles. The summed E-state index contributed by atoms with van der Waals surface area (Å²) in [5, 5.41) is 61.4. The van der Waals surface area contributed by atoms with Crippen LogP contribution in [-0.2, 0) is 0 Å². The van der Waals surface area contributed by atoms with Crippen LogP contribution < -0.4 is 5.32 Å². The van der Waals surface area contributed by atoms with E-state index in [0.29, 0.717) is 23.9 Å². The van der Waals surface area contributed by atoms with Crippen molar-refractivity contribution < 1.29 is 5.11 Å². The number of hydrogen-bond acceptors (Lipinski definition) is 18. The Labute approximate surface area is 482 Å². The third-order valence-electron chi connectivity index (χ3n) is 10.8. The molecule has 9 rings (SSSR count). The summed E-state index contributed by atoms with van der Waals surface area (Å²) < 4.78 is 0. The predicted octanol–water partition coefficient (Wildman–Crippen LogP) is 6.97. The molecule has 0 aliphatic carbocycles. The number of likely N-dealkylation sites (N-methyl/N-ethyl adjacent to an activating group) is 2. The number of rotatable bonds is 4. The SMILES string of the molecule is C.C.C.C.C.C.C.CN1CCCC(Br)C1.CN1CCCC(O)C1.C[B]C.C[B]N1CCCC(n2nnc(C)n2)C1.Cc1nn[nH]n1.Cc1nnn(C2CCCN(C)C2)n1.Cc1nnn(C2CCCNC2)n1.P.P.P.P. The summed E-state index contributed by atoms with van der Waals surface area (Å²) in [5.74, 6) is 2.94. The molecule has 9 unspecified atom stereocenters. The fraction of sp³-hybridized carbons (Fsp3) is 0.913. The topological polar surface area (TPSA) is 230 Å². The van der Waals surface area contributed by atoms with Crippen molar-refractivity contribution in [3.63, 3.8) is 0 Å². The Balaban J connectivity index is -0.0000000973. The third kappa shape index (κ3) is 40.2. The molecule has 4 aromatic heterocycles. The van der Waals surface area contributed by atoms with E-state index in [1.165, 1.54) is 58.2 Å². The van der Waals surface area contributed by atoms with Crippen LogP contribution in [0.25, 0.3) is 0 Å². The molecule has 0 spiro atoms. The standard InChI is InChI=1S/C8H15BN5.C8H15N5.C7H13N5.C6H12BrN.C6H13NO.C2H6B.C2H4N4.7CH4.4H3P/c1-7-10-12-14(11-7)8-4-3-5-13(6-8)9-2;1-7-9-11-13(10-7)8-4-3-5-12(2)6-8;1-6-9-11-12(10-6)7-3-2-4-8-5-7;1-8-4-2-3-6(7)5-8;1-7-4-2-3-6(8)5-7;1-3-2;1-2-3-5-6-4-2;;;;;;;;;;;/h8H,3-6H2,1-2H3;8H,3-6H2,1-2H3;7-8H,2-5H2,1H3;6H,2-5H2,1H3;6,8H,2-5H2,1H3;1-2H3;1H3,(H,3,4,5,6);7*1H4;4*1H3. The lowest BCUT2D eigenvalue weighted by molar-refractivity contribution is 0.0846. The average Bonchev–Trinajstić information content (AvgIpc) is 4.13.